The molecule has 0 aromatic carbocycles. The van der Waals surface area contributed by atoms with Gasteiger partial charge in [-0.1, -0.05) is 12.8 Å². The summed E-state index contributed by atoms with van der Waals surface area (Å²) in [7, 11) is 0. The van der Waals surface area contributed by atoms with Crippen LogP contribution in [-0.4, -0.2) is 23.7 Å². The largest absolute Gasteiger partial charge is 0.347 e. The third kappa shape index (κ3) is 2.44. The fourth-order valence-corrected chi connectivity index (χ4v) is 1.82. The fraction of sp³-hybridized carbons (Fsp3) is 0.900. The van der Waals surface area contributed by atoms with Crippen LogP contribution in [0.3, 0.4) is 0 Å². The van der Waals surface area contributed by atoms with E-state index in [9.17, 15) is 9.18 Å². The maximum Gasteiger partial charge on any atom is 0.257 e. The van der Waals surface area contributed by atoms with Crippen LogP contribution in [0, 0.1) is 0 Å². The Hall–Kier alpha value is -0.640. The van der Waals surface area contributed by atoms with Crippen molar-refractivity contribution in [2.75, 3.05) is 6.54 Å². The molecule has 1 aliphatic rings. The summed E-state index contributed by atoms with van der Waals surface area (Å²) in [4.78, 5) is 11.4. The Balaban J connectivity index is 2.61. The summed E-state index contributed by atoms with van der Waals surface area (Å²) >= 11 is 0. The summed E-state index contributed by atoms with van der Waals surface area (Å²) < 4.78 is 13.3. The van der Waals surface area contributed by atoms with Crippen molar-refractivity contribution in [3.05, 3.63) is 0 Å². The number of hydrogen-bond acceptors (Lipinski definition) is 2. The zero-order valence-electron chi connectivity index (χ0n) is 8.90. The smallest absolute Gasteiger partial charge is 0.257 e. The molecular weight excluding hydrogens is 183 g/mol. The number of hydrogen-bond donors (Lipinski definition) is 2. The zero-order chi connectivity index (χ0) is 10.8. The van der Waals surface area contributed by atoms with E-state index in [4.69, 9.17) is 5.73 Å². The van der Waals surface area contributed by atoms with E-state index in [0.29, 0.717) is 6.54 Å². The Morgan fingerprint density at radius 1 is 1.50 bits per heavy atom. The molecule has 14 heavy (non-hydrogen) atoms. The first kappa shape index (κ1) is 11.4. The van der Waals surface area contributed by atoms with Crippen molar-refractivity contribution in [3.63, 3.8) is 0 Å². The minimum Gasteiger partial charge on any atom is -0.347 e. The molecule has 0 aromatic heterocycles. The summed E-state index contributed by atoms with van der Waals surface area (Å²) in [5.74, 6) is -0.551. The molecule has 82 valence electrons. The molecule has 0 radical (unpaired) electrons. The van der Waals surface area contributed by atoms with Gasteiger partial charge < -0.3 is 11.1 Å². The van der Waals surface area contributed by atoms with Crippen molar-refractivity contribution < 1.29 is 9.18 Å². The van der Waals surface area contributed by atoms with E-state index in [1.165, 1.54) is 13.8 Å². The molecule has 0 unspecified atom stereocenters. The van der Waals surface area contributed by atoms with Crippen LogP contribution in [0.5, 0.6) is 0 Å². The normalized spacial score (nSPS) is 20.9. The van der Waals surface area contributed by atoms with Crippen LogP contribution < -0.4 is 11.1 Å². The molecule has 1 fully saturated rings. The van der Waals surface area contributed by atoms with Crippen molar-refractivity contribution in [2.24, 2.45) is 5.73 Å². The average Bonchev–Trinajstić information content (AvgIpc) is 2.52. The van der Waals surface area contributed by atoms with Gasteiger partial charge in [-0.25, -0.2) is 4.39 Å². The second kappa shape index (κ2) is 3.85. The van der Waals surface area contributed by atoms with Gasteiger partial charge in [0.2, 0.25) is 0 Å². The number of rotatable bonds is 3. The van der Waals surface area contributed by atoms with Gasteiger partial charge in [-0.05, 0) is 26.7 Å². The highest BCUT2D eigenvalue weighted by atomic mass is 19.1. The van der Waals surface area contributed by atoms with Crippen molar-refractivity contribution in [2.45, 2.75) is 50.7 Å². The summed E-state index contributed by atoms with van der Waals surface area (Å²) in [6.07, 6.45) is 3.85. The first-order chi connectivity index (χ1) is 6.40. The predicted molar refractivity (Wildman–Crippen MR) is 53.6 cm³/mol. The molecule has 1 saturated carbocycles. The van der Waals surface area contributed by atoms with Crippen LogP contribution in [0.25, 0.3) is 0 Å². The number of carbonyl (C=O) groups excluding carboxylic acids is 1. The SMILES string of the molecule is CC(C)(F)C(=O)NC1(CN)CCCC1. The van der Waals surface area contributed by atoms with Crippen molar-refractivity contribution in [3.8, 4) is 0 Å². The van der Waals surface area contributed by atoms with Crippen molar-refractivity contribution in [1.29, 1.82) is 0 Å². The molecule has 4 heteroatoms. The summed E-state index contributed by atoms with van der Waals surface area (Å²) in [5, 5.41) is 2.74. The number of carbonyl (C=O) groups is 1. The van der Waals surface area contributed by atoms with Crippen LogP contribution >= 0.6 is 0 Å². The van der Waals surface area contributed by atoms with E-state index < -0.39 is 11.6 Å². The number of nitrogens with one attached hydrogen (secondary N) is 1. The van der Waals surface area contributed by atoms with Gasteiger partial charge in [-0.3, -0.25) is 4.79 Å². The first-order valence-corrected chi connectivity index (χ1v) is 5.11. The first-order valence-electron chi connectivity index (χ1n) is 5.11. The topological polar surface area (TPSA) is 55.1 Å². The lowest BCUT2D eigenvalue weighted by Crippen LogP contribution is -2.55. The molecule has 3 nitrogen and oxygen atoms in total. The van der Waals surface area contributed by atoms with E-state index in [-0.39, 0.29) is 5.54 Å². The number of nitrogens with two attached hydrogens (primary N) is 1. The standard InChI is InChI=1S/C10H19FN2O/c1-9(2,11)8(14)13-10(7-12)5-3-4-6-10/h3-7,12H2,1-2H3,(H,13,14). The molecule has 1 rings (SSSR count). The lowest BCUT2D eigenvalue weighted by molar-refractivity contribution is -0.132. The number of alkyl halides is 1. The Morgan fingerprint density at radius 3 is 2.36 bits per heavy atom. The maximum absolute atomic E-state index is 13.3. The Kier molecular flexibility index (Phi) is 3.14. The minimum atomic E-state index is -1.81. The molecule has 0 bridgehead atoms. The third-order valence-corrected chi connectivity index (χ3v) is 2.87. The Morgan fingerprint density at radius 2 is 2.00 bits per heavy atom. The highest BCUT2D eigenvalue weighted by Crippen LogP contribution is 2.29. The van der Waals surface area contributed by atoms with Crippen LogP contribution in [0.1, 0.15) is 39.5 Å². The fourth-order valence-electron chi connectivity index (χ4n) is 1.82. The molecule has 0 aliphatic heterocycles. The van der Waals surface area contributed by atoms with Gasteiger partial charge in [0.15, 0.2) is 5.67 Å². The quantitative estimate of drug-likeness (QED) is 0.720. The predicted octanol–water partition coefficient (Wildman–Crippen LogP) is 1.12. The Labute approximate surface area is 84.2 Å². The monoisotopic (exact) mass is 202 g/mol. The van der Waals surface area contributed by atoms with Gasteiger partial charge in [0.25, 0.3) is 5.91 Å². The van der Waals surface area contributed by atoms with Gasteiger partial charge >= 0.3 is 0 Å². The molecule has 0 heterocycles. The summed E-state index contributed by atoms with van der Waals surface area (Å²) in [6, 6.07) is 0. The molecule has 1 aliphatic carbocycles. The summed E-state index contributed by atoms with van der Waals surface area (Å²) in [6.45, 7) is 2.93. The van der Waals surface area contributed by atoms with E-state index in [2.05, 4.69) is 5.32 Å². The molecule has 0 saturated heterocycles. The van der Waals surface area contributed by atoms with Gasteiger partial charge in [0.05, 0.1) is 5.54 Å². The molecule has 3 N–H and O–H groups in total. The maximum atomic E-state index is 13.3. The van der Waals surface area contributed by atoms with E-state index in [1.807, 2.05) is 0 Å². The van der Waals surface area contributed by atoms with Gasteiger partial charge in [0.1, 0.15) is 0 Å². The molecule has 1 amide bonds. The molecule has 0 aromatic rings. The highest BCUT2D eigenvalue weighted by molar-refractivity contribution is 5.84. The van der Waals surface area contributed by atoms with Crippen LogP contribution in [0.2, 0.25) is 0 Å². The zero-order valence-corrected chi connectivity index (χ0v) is 8.90. The van der Waals surface area contributed by atoms with Gasteiger partial charge in [0, 0.05) is 6.54 Å². The highest BCUT2D eigenvalue weighted by Gasteiger charge is 2.38. The number of halogens is 1. The molecule has 0 spiro atoms. The molecular formula is C10H19FN2O. The van der Waals surface area contributed by atoms with E-state index in [1.54, 1.807) is 0 Å². The van der Waals surface area contributed by atoms with Gasteiger partial charge in [-0.2, -0.15) is 0 Å². The van der Waals surface area contributed by atoms with Crippen LogP contribution in [0.4, 0.5) is 4.39 Å². The minimum absolute atomic E-state index is 0.347. The van der Waals surface area contributed by atoms with Crippen molar-refractivity contribution in [1.82, 2.24) is 5.32 Å². The van der Waals surface area contributed by atoms with E-state index in [0.717, 1.165) is 25.7 Å². The third-order valence-electron chi connectivity index (χ3n) is 2.87. The van der Waals surface area contributed by atoms with Crippen molar-refractivity contribution >= 4 is 5.91 Å². The van der Waals surface area contributed by atoms with Crippen LogP contribution in [0.15, 0.2) is 0 Å². The second-order valence-electron chi connectivity index (χ2n) is 4.62. The lowest BCUT2D eigenvalue weighted by Gasteiger charge is -2.30. The Bertz CT molecular complexity index is 217. The van der Waals surface area contributed by atoms with Crippen LogP contribution in [-0.2, 0) is 4.79 Å². The lowest BCUT2D eigenvalue weighted by atomic mass is 9.96. The average molecular weight is 202 g/mol. The number of amides is 1. The second-order valence-corrected chi connectivity index (χ2v) is 4.62. The summed E-state index contributed by atoms with van der Waals surface area (Å²) in [5.41, 5.74) is 3.46. The van der Waals surface area contributed by atoms with E-state index >= 15 is 0 Å². The molecule has 0 atom stereocenters. The van der Waals surface area contributed by atoms with Gasteiger partial charge in [-0.15, -0.1) is 0 Å².